The highest BCUT2D eigenvalue weighted by molar-refractivity contribution is 5.85. The maximum absolute atomic E-state index is 8.74. The molecule has 1 aromatic rings. The number of benzene rings is 1. The van der Waals surface area contributed by atoms with Crippen molar-refractivity contribution in [3.63, 3.8) is 0 Å². The zero-order valence-corrected chi connectivity index (χ0v) is 11.7. The average molecular weight is 261 g/mol. The molecule has 104 valence electrons. The highest BCUT2D eigenvalue weighted by atomic mass is 16.4. The third kappa shape index (κ3) is 3.26. The summed E-state index contributed by atoms with van der Waals surface area (Å²) in [4.78, 5) is 0. The van der Waals surface area contributed by atoms with E-state index in [2.05, 4.69) is 34.7 Å². The predicted octanol–water partition coefficient (Wildman–Crippen LogP) is 1.91. The van der Waals surface area contributed by atoms with E-state index in [1.165, 1.54) is 11.1 Å². The molecule has 0 bridgehead atoms. The van der Waals surface area contributed by atoms with Crippen LogP contribution in [-0.2, 0) is 12.8 Å². The molecule has 0 amide bonds. The van der Waals surface area contributed by atoms with E-state index in [1.807, 2.05) is 13.8 Å². The highest BCUT2D eigenvalue weighted by Crippen LogP contribution is 2.23. The number of nitrogens with zero attached hydrogens (tertiary/aromatic N) is 1. The number of oxime groups is 1. The third-order valence-corrected chi connectivity index (χ3v) is 4.04. The van der Waals surface area contributed by atoms with E-state index in [-0.39, 0.29) is 5.41 Å². The van der Waals surface area contributed by atoms with Crippen LogP contribution in [0.15, 0.2) is 29.4 Å². The molecule has 0 atom stereocenters. The van der Waals surface area contributed by atoms with E-state index in [4.69, 9.17) is 10.9 Å². The standard InChI is InChI=1S/C15H23N3O/c1-15(2,14(16)18-19)7-8-17-13-9-11-5-3-4-6-12(11)10-13/h3-6,13,17,19H,7-10H2,1-2H3,(H2,16,18). The molecule has 1 aliphatic carbocycles. The molecule has 1 aromatic carbocycles. The molecule has 0 radical (unpaired) electrons. The minimum absolute atomic E-state index is 0.271. The molecule has 4 N–H and O–H groups in total. The van der Waals surface area contributed by atoms with Crippen LogP contribution in [-0.4, -0.2) is 23.6 Å². The van der Waals surface area contributed by atoms with Gasteiger partial charge in [-0.2, -0.15) is 0 Å². The SMILES string of the molecule is CC(C)(CCNC1Cc2ccccc2C1)/C(N)=N/O. The molecule has 4 nitrogen and oxygen atoms in total. The van der Waals surface area contributed by atoms with Gasteiger partial charge in [-0.1, -0.05) is 43.3 Å². The van der Waals surface area contributed by atoms with Crippen molar-refractivity contribution in [2.45, 2.75) is 39.2 Å². The zero-order chi connectivity index (χ0) is 13.9. The van der Waals surface area contributed by atoms with Gasteiger partial charge in [-0.15, -0.1) is 0 Å². The second-order valence-corrected chi connectivity index (χ2v) is 5.95. The Bertz CT molecular complexity index is 443. The van der Waals surface area contributed by atoms with Gasteiger partial charge in [-0.3, -0.25) is 0 Å². The number of amidine groups is 1. The maximum atomic E-state index is 8.74. The summed E-state index contributed by atoms with van der Waals surface area (Å²) in [6.07, 6.45) is 3.05. The van der Waals surface area contributed by atoms with Gasteiger partial charge in [0.1, 0.15) is 5.84 Å². The van der Waals surface area contributed by atoms with Crippen LogP contribution in [0.25, 0.3) is 0 Å². The van der Waals surface area contributed by atoms with Crippen LogP contribution < -0.4 is 11.1 Å². The summed E-state index contributed by atoms with van der Waals surface area (Å²) >= 11 is 0. The Morgan fingerprint density at radius 1 is 1.37 bits per heavy atom. The van der Waals surface area contributed by atoms with Gasteiger partial charge in [0, 0.05) is 11.5 Å². The van der Waals surface area contributed by atoms with Crippen molar-refractivity contribution >= 4 is 5.84 Å². The minimum Gasteiger partial charge on any atom is -0.409 e. The zero-order valence-electron chi connectivity index (χ0n) is 11.7. The maximum Gasteiger partial charge on any atom is 0.144 e. The molecule has 0 spiro atoms. The fourth-order valence-electron chi connectivity index (χ4n) is 2.56. The number of nitrogens with two attached hydrogens (primary N) is 1. The normalized spacial score (nSPS) is 16.6. The lowest BCUT2D eigenvalue weighted by atomic mass is 9.88. The third-order valence-electron chi connectivity index (χ3n) is 4.04. The molecule has 0 heterocycles. The summed E-state index contributed by atoms with van der Waals surface area (Å²) in [6.45, 7) is 4.86. The van der Waals surface area contributed by atoms with E-state index in [1.54, 1.807) is 0 Å². The van der Waals surface area contributed by atoms with Crippen molar-refractivity contribution in [3.05, 3.63) is 35.4 Å². The molecule has 0 aromatic heterocycles. The van der Waals surface area contributed by atoms with E-state index in [0.29, 0.717) is 11.9 Å². The monoisotopic (exact) mass is 261 g/mol. The quantitative estimate of drug-likeness (QED) is 0.328. The topological polar surface area (TPSA) is 70.6 Å². The predicted molar refractivity (Wildman–Crippen MR) is 77.4 cm³/mol. The van der Waals surface area contributed by atoms with E-state index < -0.39 is 0 Å². The Morgan fingerprint density at radius 3 is 2.47 bits per heavy atom. The molecule has 0 unspecified atom stereocenters. The molecule has 2 rings (SSSR count). The molecule has 0 aliphatic heterocycles. The molecule has 4 heteroatoms. The summed E-state index contributed by atoms with van der Waals surface area (Å²) < 4.78 is 0. The van der Waals surface area contributed by atoms with Crippen LogP contribution in [0.4, 0.5) is 0 Å². The Hall–Kier alpha value is -1.55. The summed E-state index contributed by atoms with van der Waals surface area (Å²) in [7, 11) is 0. The Kier molecular flexibility index (Phi) is 4.10. The van der Waals surface area contributed by atoms with Crippen LogP contribution in [0.3, 0.4) is 0 Å². The first-order valence-corrected chi connectivity index (χ1v) is 6.81. The number of fused-ring (bicyclic) bond motifs is 1. The lowest BCUT2D eigenvalue weighted by Crippen LogP contribution is -2.37. The molecule has 0 saturated carbocycles. The largest absolute Gasteiger partial charge is 0.409 e. The van der Waals surface area contributed by atoms with Gasteiger partial charge in [0.2, 0.25) is 0 Å². The summed E-state index contributed by atoms with van der Waals surface area (Å²) in [5.74, 6) is 0.295. The van der Waals surface area contributed by atoms with Crippen molar-refractivity contribution in [3.8, 4) is 0 Å². The fourth-order valence-corrected chi connectivity index (χ4v) is 2.56. The van der Waals surface area contributed by atoms with Gasteiger partial charge in [-0.05, 0) is 36.9 Å². The van der Waals surface area contributed by atoms with Crippen molar-refractivity contribution < 1.29 is 5.21 Å². The highest BCUT2D eigenvalue weighted by Gasteiger charge is 2.25. The second kappa shape index (κ2) is 5.61. The van der Waals surface area contributed by atoms with E-state index in [0.717, 1.165) is 25.8 Å². The smallest absolute Gasteiger partial charge is 0.144 e. The lowest BCUT2D eigenvalue weighted by molar-refractivity contribution is 0.304. The number of nitrogens with one attached hydrogen (secondary N) is 1. The van der Waals surface area contributed by atoms with Gasteiger partial charge < -0.3 is 16.3 Å². The van der Waals surface area contributed by atoms with Crippen LogP contribution >= 0.6 is 0 Å². The van der Waals surface area contributed by atoms with Gasteiger partial charge in [0.25, 0.3) is 0 Å². The van der Waals surface area contributed by atoms with Gasteiger partial charge in [0.05, 0.1) is 0 Å². The first-order valence-electron chi connectivity index (χ1n) is 6.81. The molecule has 1 aliphatic rings. The van der Waals surface area contributed by atoms with Gasteiger partial charge >= 0.3 is 0 Å². The van der Waals surface area contributed by atoms with Crippen LogP contribution in [0.2, 0.25) is 0 Å². The van der Waals surface area contributed by atoms with Crippen molar-refractivity contribution in [1.82, 2.24) is 5.32 Å². The number of hydrogen-bond acceptors (Lipinski definition) is 3. The van der Waals surface area contributed by atoms with Gasteiger partial charge in [0.15, 0.2) is 0 Å². The van der Waals surface area contributed by atoms with Crippen molar-refractivity contribution in [1.29, 1.82) is 0 Å². The summed E-state index contributed by atoms with van der Waals surface area (Å²) in [5, 5.41) is 15.4. The molecular weight excluding hydrogens is 238 g/mol. The minimum atomic E-state index is -0.271. The first kappa shape index (κ1) is 13.9. The first-order chi connectivity index (χ1) is 9.03. The van der Waals surface area contributed by atoms with E-state index in [9.17, 15) is 0 Å². The number of hydrogen-bond donors (Lipinski definition) is 3. The average Bonchev–Trinajstić information content (AvgIpc) is 2.80. The molecular formula is C15H23N3O. The Morgan fingerprint density at radius 2 is 1.95 bits per heavy atom. The van der Waals surface area contributed by atoms with E-state index >= 15 is 0 Å². The molecule has 0 saturated heterocycles. The van der Waals surface area contributed by atoms with Crippen molar-refractivity contribution in [2.75, 3.05) is 6.54 Å². The fraction of sp³-hybridized carbons (Fsp3) is 0.533. The molecule has 0 fully saturated rings. The second-order valence-electron chi connectivity index (χ2n) is 5.95. The summed E-state index contributed by atoms with van der Waals surface area (Å²) in [5.41, 5.74) is 8.32. The Balaban J connectivity index is 1.80. The van der Waals surface area contributed by atoms with Gasteiger partial charge in [-0.25, -0.2) is 0 Å². The van der Waals surface area contributed by atoms with Crippen LogP contribution in [0.1, 0.15) is 31.4 Å². The van der Waals surface area contributed by atoms with Crippen LogP contribution in [0, 0.1) is 5.41 Å². The van der Waals surface area contributed by atoms with Crippen molar-refractivity contribution in [2.24, 2.45) is 16.3 Å². The summed E-state index contributed by atoms with van der Waals surface area (Å²) in [6, 6.07) is 9.13. The molecule has 19 heavy (non-hydrogen) atoms. The lowest BCUT2D eigenvalue weighted by Gasteiger charge is -2.24. The number of rotatable bonds is 5. The Labute approximate surface area is 114 Å². The van der Waals surface area contributed by atoms with Crippen LogP contribution in [0.5, 0.6) is 0 Å².